The van der Waals surface area contributed by atoms with Crippen molar-refractivity contribution in [2.24, 2.45) is 5.92 Å². The van der Waals surface area contributed by atoms with Crippen molar-refractivity contribution in [3.05, 3.63) is 64.1 Å². The molecule has 5 nitrogen and oxygen atoms in total. The number of sulfonamides is 1. The van der Waals surface area contributed by atoms with E-state index in [1.807, 2.05) is 24.3 Å². The molecule has 1 atom stereocenters. The van der Waals surface area contributed by atoms with Crippen molar-refractivity contribution < 1.29 is 17.9 Å². The molecule has 0 saturated heterocycles. The summed E-state index contributed by atoms with van der Waals surface area (Å²) in [5.74, 6) is 0.366. The summed E-state index contributed by atoms with van der Waals surface area (Å²) in [4.78, 5) is 11.5. The van der Waals surface area contributed by atoms with E-state index in [9.17, 15) is 13.2 Å². The molecule has 2 aromatic rings. The third kappa shape index (κ3) is 8.75. The normalized spacial score (nSPS) is 12.7. The number of methoxy groups -OCH3 is 1. The number of carbonyl (C=O) groups is 1. The maximum absolute atomic E-state index is 13.0. The molecule has 0 heterocycles. The number of nitrogens with one attached hydrogen (secondary N) is 1. The standard InChI is InChI=1S/C24H32BrNO4S/c1-18(2)6-4-8-23(26-31(28,29)22-16-14-21(25)15-17-22)20-12-10-19(11-13-20)7-5-9-24(27)30-3/h10-18,23,26H,4-9H2,1-3H3. The van der Waals surface area contributed by atoms with Crippen LogP contribution in [0.2, 0.25) is 0 Å². The highest BCUT2D eigenvalue weighted by Gasteiger charge is 2.21. The first-order chi connectivity index (χ1) is 14.7. The van der Waals surface area contributed by atoms with Crippen LogP contribution in [0.1, 0.15) is 63.1 Å². The minimum atomic E-state index is -3.63. The van der Waals surface area contributed by atoms with Crippen LogP contribution in [0.25, 0.3) is 0 Å². The molecule has 31 heavy (non-hydrogen) atoms. The van der Waals surface area contributed by atoms with Crippen LogP contribution < -0.4 is 4.72 Å². The molecule has 0 aliphatic heterocycles. The maximum Gasteiger partial charge on any atom is 0.305 e. The number of hydrogen-bond donors (Lipinski definition) is 1. The first kappa shape index (κ1) is 25.6. The number of rotatable bonds is 12. The molecule has 0 aromatic heterocycles. The minimum absolute atomic E-state index is 0.204. The summed E-state index contributed by atoms with van der Waals surface area (Å²) in [6, 6.07) is 14.3. The number of halogens is 1. The third-order valence-electron chi connectivity index (χ3n) is 5.15. The highest BCUT2D eigenvalue weighted by atomic mass is 79.9. The quantitative estimate of drug-likeness (QED) is 0.367. The maximum atomic E-state index is 13.0. The van der Waals surface area contributed by atoms with Gasteiger partial charge in [0.1, 0.15) is 0 Å². The first-order valence-electron chi connectivity index (χ1n) is 10.6. The molecule has 170 valence electrons. The van der Waals surface area contributed by atoms with Gasteiger partial charge in [0, 0.05) is 16.9 Å². The Morgan fingerprint density at radius 2 is 1.65 bits per heavy atom. The second kappa shape index (κ2) is 12.4. The zero-order chi connectivity index (χ0) is 22.9. The minimum Gasteiger partial charge on any atom is -0.469 e. The summed E-state index contributed by atoms with van der Waals surface area (Å²) in [7, 11) is -2.24. The van der Waals surface area contributed by atoms with Crippen molar-refractivity contribution in [1.29, 1.82) is 0 Å². The highest BCUT2D eigenvalue weighted by molar-refractivity contribution is 9.10. The van der Waals surface area contributed by atoms with Gasteiger partial charge < -0.3 is 4.74 Å². The molecule has 0 radical (unpaired) electrons. The zero-order valence-corrected chi connectivity index (χ0v) is 20.8. The van der Waals surface area contributed by atoms with Crippen molar-refractivity contribution in [2.75, 3.05) is 7.11 Å². The zero-order valence-electron chi connectivity index (χ0n) is 18.4. The van der Waals surface area contributed by atoms with Crippen LogP contribution >= 0.6 is 15.9 Å². The molecule has 1 N–H and O–H groups in total. The van der Waals surface area contributed by atoms with Crippen LogP contribution in [0, 0.1) is 5.92 Å². The highest BCUT2D eigenvalue weighted by Crippen LogP contribution is 2.25. The molecule has 0 spiro atoms. The van der Waals surface area contributed by atoms with Crippen LogP contribution in [-0.2, 0) is 26.0 Å². The van der Waals surface area contributed by atoms with Crippen molar-refractivity contribution in [3.63, 3.8) is 0 Å². The summed E-state index contributed by atoms with van der Waals surface area (Å²) in [5.41, 5.74) is 2.06. The number of carbonyl (C=O) groups excluding carboxylic acids is 1. The van der Waals surface area contributed by atoms with Crippen LogP contribution in [-0.4, -0.2) is 21.5 Å². The van der Waals surface area contributed by atoms with Gasteiger partial charge in [-0.05, 0) is 60.6 Å². The predicted molar refractivity (Wildman–Crippen MR) is 127 cm³/mol. The Bertz CT molecular complexity index is 925. The Balaban J connectivity index is 2.13. The van der Waals surface area contributed by atoms with Gasteiger partial charge in [0.05, 0.1) is 12.0 Å². The molecule has 0 saturated carbocycles. The van der Waals surface area contributed by atoms with Crippen molar-refractivity contribution in [1.82, 2.24) is 4.72 Å². The lowest BCUT2D eigenvalue weighted by Crippen LogP contribution is -2.28. The molecule has 2 rings (SSSR count). The number of aryl methyl sites for hydroxylation is 1. The fourth-order valence-corrected chi connectivity index (χ4v) is 4.87. The second-order valence-electron chi connectivity index (χ2n) is 8.12. The fourth-order valence-electron chi connectivity index (χ4n) is 3.35. The molecular weight excluding hydrogens is 478 g/mol. The van der Waals surface area contributed by atoms with E-state index in [0.717, 1.165) is 47.7 Å². The van der Waals surface area contributed by atoms with Gasteiger partial charge in [-0.25, -0.2) is 13.1 Å². The van der Waals surface area contributed by atoms with Crippen molar-refractivity contribution in [2.45, 2.75) is 63.3 Å². The SMILES string of the molecule is COC(=O)CCCc1ccc(C(CCCC(C)C)NS(=O)(=O)c2ccc(Br)cc2)cc1. The first-order valence-corrected chi connectivity index (χ1v) is 12.9. The molecule has 0 aliphatic carbocycles. The predicted octanol–water partition coefficient (Wildman–Crippen LogP) is 5.79. The summed E-state index contributed by atoms with van der Waals surface area (Å²) in [6.07, 6.45) is 4.60. The Kier molecular flexibility index (Phi) is 10.2. The lowest BCUT2D eigenvalue weighted by molar-refractivity contribution is -0.140. The van der Waals surface area contributed by atoms with Gasteiger partial charge in [-0.15, -0.1) is 0 Å². The average Bonchev–Trinajstić information content (AvgIpc) is 2.73. The molecule has 2 aromatic carbocycles. The van der Waals surface area contributed by atoms with Crippen molar-refractivity contribution in [3.8, 4) is 0 Å². The van der Waals surface area contributed by atoms with Gasteiger partial charge in [0.15, 0.2) is 0 Å². The second-order valence-corrected chi connectivity index (χ2v) is 10.8. The van der Waals surface area contributed by atoms with Crippen molar-refractivity contribution >= 4 is 31.9 Å². The molecule has 7 heteroatoms. The van der Waals surface area contributed by atoms with E-state index in [4.69, 9.17) is 0 Å². The number of hydrogen-bond acceptors (Lipinski definition) is 4. The van der Waals surface area contributed by atoms with Crippen LogP contribution in [0.3, 0.4) is 0 Å². The van der Waals surface area contributed by atoms with E-state index in [0.29, 0.717) is 12.3 Å². The summed E-state index contributed by atoms with van der Waals surface area (Å²) in [6.45, 7) is 4.34. The lowest BCUT2D eigenvalue weighted by Gasteiger charge is -2.20. The van der Waals surface area contributed by atoms with Gasteiger partial charge in [-0.2, -0.15) is 0 Å². The van der Waals surface area contributed by atoms with E-state index in [2.05, 4.69) is 39.2 Å². The van der Waals surface area contributed by atoms with Crippen LogP contribution in [0.5, 0.6) is 0 Å². The van der Waals surface area contributed by atoms with Gasteiger partial charge in [-0.3, -0.25) is 4.79 Å². The number of ether oxygens (including phenoxy) is 1. The van der Waals surface area contributed by atoms with E-state index in [1.54, 1.807) is 24.3 Å². The molecular formula is C24H32BrNO4S. The Morgan fingerprint density at radius 3 is 2.23 bits per heavy atom. The third-order valence-corrected chi connectivity index (χ3v) is 7.17. The van der Waals surface area contributed by atoms with E-state index in [-0.39, 0.29) is 16.9 Å². The summed E-state index contributed by atoms with van der Waals surface area (Å²) < 4.78 is 34.3. The molecule has 0 aliphatic rings. The van der Waals surface area contributed by atoms with Gasteiger partial charge in [-0.1, -0.05) is 66.9 Å². The Morgan fingerprint density at radius 1 is 1.00 bits per heavy atom. The molecule has 0 amide bonds. The fraction of sp³-hybridized carbons (Fsp3) is 0.458. The van der Waals surface area contributed by atoms with E-state index < -0.39 is 10.0 Å². The van der Waals surface area contributed by atoms with E-state index >= 15 is 0 Å². The monoisotopic (exact) mass is 509 g/mol. The smallest absolute Gasteiger partial charge is 0.305 e. The largest absolute Gasteiger partial charge is 0.469 e. The van der Waals surface area contributed by atoms with Gasteiger partial charge >= 0.3 is 5.97 Å². The average molecular weight is 510 g/mol. The topological polar surface area (TPSA) is 72.5 Å². The summed E-state index contributed by atoms with van der Waals surface area (Å²) >= 11 is 3.34. The number of esters is 1. The molecule has 1 unspecified atom stereocenters. The number of benzene rings is 2. The Labute approximate surface area is 194 Å². The molecule has 0 fully saturated rings. The van der Waals surface area contributed by atoms with Crippen LogP contribution in [0.15, 0.2) is 57.9 Å². The van der Waals surface area contributed by atoms with Crippen LogP contribution in [0.4, 0.5) is 0 Å². The molecule has 0 bridgehead atoms. The Hall–Kier alpha value is -1.70. The summed E-state index contributed by atoms with van der Waals surface area (Å²) in [5, 5.41) is 0. The van der Waals surface area contributed by atoms with Gasteiger partial charge in [0.25, 0.3) is 0 Å². The van der Waals surface area contributed by atoms with E-state index in [1.165, 1.54) is 7.11 Å². The van der Waals surface area contributed by atoms with Gasteiger partial charge in [0.2, 0.25) is 10.0 Å². The lowest BCUT2D eigenvalue weighted by atomic mass is 9.97.